The maximum atomic E-state index is 14.1. The Kier molecular flexibility index (Phi) is 4.42. The van der Waals surface area contributed by atoms with E-state index < -0.39 is 14.6 Å². The maximum absolute atomic E-state index is 14.1. The van der Waals surface area contributed by atoms with E-state index in [1.54, 1.807) is 18.2 Å². The Balaban J connectivity index is 3.27. The van der Waals surface area contributed by atoms with Crippen LogP contribution < -0.4 is 0 Å². The Morgan fingerprint density at radius 1 is 1.26 bits per heavy atom. The fourth-order valence-electron chi connectivity index (χ4n) is 1.40. The third-order valence-electron chi connectivity index (χ3n) is 3.08. The summed E-state index contributed by atoms with van der Waals surface area (Å²) in [4.78, 5) is 0. The zero-order chi connectivity index (χ0) is 14.8. The van der Waals surface area contributed by atoms with Gasteiger partial charge in [-0.2, -0.15) is 0 Å². The van der Waals surface area contributed by atoms with Gasteiger partial charge in [-0.3, -0.25) is 0 Å². The van der Waals surface area contributed by atoms with Gasteiger partial charge in [-0.05, 0) is 31.4 Å². The number of rotatable bonds is 2. The molecule has 0 aliphatic heterocycles. The van der Waals surface area contributed by atoms with Crippen molar-refractivity contribution in [3.8, 4) is 11.8 Å². The lowest BCUT2D eigenvalue weighted by Crippen LogP contribution is -2.28. The second-order valence-electron chi connectivity index (χ2n) is 5.40. The fraction of sp³-hybridized carbons (Fsp3) is 0.467. The standard InChI is InChI=1S/C15H19FO2S/c1-11(2)13-8-6-7-12(14(13)16)9-10-15(3,4)19(5,17)18/h6-8,11H,1-5H3. The van der Waals surface area contributed by atoms with Crippen molar-refractivity contribution in [2.24, 2.45) is 0 Å². The molecule has 0 unspecified atom stereocenters. The van der Waals surface area contributed by atoms with Crippen LogP contribution in [-0.4, -0.2) is 19.4 Å². The zero-order valence-electron chi connectivity index (χ0n) is 11.9. The van der Waals surface area contributed by atoms with Gasteiger partial charge in [0, 0.05) is 6.26 Å². The maximum Gasteiger partial charge on any atom is 0.163 e. The van der Waals surface area contributed by atoms with E-state index in [0.717, 1.165) is 6.26 Å². The van der Waals surface area contributed by atoms with Gasteiger partial charge in [-0.25, -0.2) is 12.8 Å². The first-order valence-corrected chi connectivity index (χ1v) is 7.96. The Morgan fingerprint density at radius 2 is 1.84 bits per heavy atom. The van der Waals surface area contributed by atoms with Gasteiger partial charge in [0.25, 0.3) is 0 Å². The molecule has 1 aromatic rings. The van der Waals surface area contributed by atoms with Crippen LogP contribution in [0.25, 0.3) is 0 Å². The average molecular weight is 282 g/mol. The predicted molar refractivity (Wildman–Crippen MR) is 76.3 cm³/mol. The monoisotopic (exact) mass is 282 g/mol. The average Bonchev–Trinajstić information content (AvgIpc) is 2.25. The van der Waals surface area contributed by atoms with E-state index in [2.05, 4.69) is 11.8 Å². The van der Waals surface area contributed by atoms with Crippen molar-refractivity contribution in [3.63, 3.8) is 0 Å². The molecule has 1 aromatic carbocycles. The van der Waals surface area contributed by atoms with Gasteiger partial charge >= 0.3 is 0 Å². The topological polar surface area (TPSA) is 34.1 Å². The molecule has 0 radical (unpaired) electrons. The van der Waals surface area contributed by atoms with E-state index >= 15 is 0 Å². The first-order valence-electron chi connectivity index (χ1n) is 6.07. The van der Waals surface area contributed by atoms with Crippen molar-refractivity contribution in [1.82, 2.24) is 0 Å². The molecule has 0 amide bonds. The molecule has 0 saturated carbocycles. The fourth-order valence-corrected chi connectivity index (χ4v) is 1.64. The molecule has 0 saturated heterocycles. The minimum atomic E-state index is -3.31. The second kappa shape index (κ2) is 5.34. The van der Waals surface area contributed by atoms with Gasteiger partial charge in [0.05, 0.1) is 5.56 Å². The number of hydrogen-bond donors (Lipinski definition) is 0. The molecule has 4 heteroatoms. The molecule has 0 aliphatic carbocycles. The van der Waals surface area contributed by atoms with E-state index in [4.69, 9.17) is 0 Å². The minimum absolute atomic E-state index is 0.0599. The van der Waals surface area contributed by atoms with Crippen molar-refractivity contribution < 1.29 is 12.8 Å². The summed E-state index contributed by atoms with van der Waals surface area (Å²) in [6.45, 7) is 6.82. The summed E-state index contributed by atoms with van der Waals surface area (Å²) in [5.41, 5.74) is 0.826. The van der Waals surface area contributed by atoms with Crippen LogP contribution in [0.3, 0.4) is 0 Å². The highest BCUT2D eigenvalue weighted by molar-refractivity contribution is 7.92. The summed E-state index contributed by atoms with van der Waals surface area (Å²) in [5.74, 6) is 4.99. The number of benzene rings is 1. The Labute approximate surface area is 115 Å². The lowest BCUT2D eigenvalue weighted by atomic mass is 10.00. The van der Waals surface area contributed by atoms with Crippen molar-refractivity contribution in [3.05, 3.63) is 35.1 Å². The van der Waals surface area contributed by atoms with E-state index in [9.17, 15) is 12.8 Å². The summed E-state index contributed by atoms with van der Waals surface area (Å²) in [5, 5.41) is 0. The van der Waals surface area contributed by atoms with Gasteiger partial charge in [0.15, 0.2) is 9.84 Å². The normalized spacial score (nSPS) is 12.2. The van der Waals surface area contributed by atoms with E-state index in [1.807, 2.05) is 13.8 Å². The van der Waals surface area contributed by atoms with Gasteiger partial charge in [0.1, 0.15) is 10.6 Å². The number of sulfone groups is 1. The Bertz CT molecular complexity index is 632. The summed E-state index contributed by atoms with van der Waals surface area (Å²) < 4.78 is 36.0. The van der Waals surface area contributed by atoms with E-state index in [1.165, 1.54) is 13.8 Å². The van der Waals surface area contributed by atoms with Gasteiger partial charge in [0.2, 0.25) is 0 Å². The van der Waals surface area contributed by atoms with Crippen LogP contribution in [0.2, 0.25) is 0 Å². The lowest BCUT2D eigenvalue weighted by Gasteiger charge is -2.14. The molecular formula is C15H19FO2S. The van der Waals surface area contributed by atoms with Crippen LogP contribution in [0.1, 0.15) is 44.7 Å². The molecule has 0 heterocycles. The van der Waals surface area contributed by atoms with Crippen molar-refractivity contribution >= 4 is 9.84 Å². The van der Waals surface area contributed by atoms with Crippen LogP contribution in [0.15, 0.2) is 18.2 Å². The number of halogens is 1. The Hall–Kier alpha value is -1.34. The third kappa shape index (κ3) is 3.57. The molecule has 0 aromatic heterocycles. The smallest absolute Gasteiger partial charge is 0.163 e. The Morgan fingerprint density at radius 3 is 2.32 bits per heavy atom. The molecule has 0 fully saturated rings. The summed E-state index contributed by atoms with van der Waals surface area (Å²) in [6, 6.07) is 5.01. The lowest BCUT2D eigenvalue weighted by molar-refractivity contribution is 0.581. The molecule has 2 nitrogen and oxygen atoms in total. The minimum Gasteiger partial charge on any atom is -0.228 e. The van der Waals surface area contributed by atoms with Crippen LogP contribution in [-0.2, 0) is 9.84 Å². The van der Waals surface area contributed by atoms with E-state index in [0.29, 0.717) is 5.56 Å². The molecular weight excluding hydrogens is 263 g/mol. The summed E-state index contributed by atoms with van der Waals surface area (Å²) in [6.07, 6.45) is 1.13. The van der Waals surface area contributed by atoms with Crippen molar-refractivity contribution in [2.45, 2.75) is 38.4 Å². The highest BCUT2D eigenvalue weighted by atomic mass is 32.2. The largest absolute Gasteiger partial charge is 0.228 e. The first-order chi connectivity index (χ1) is 8.56. The van der Waals surface area contributed by atoms with Crippen LogP contribution in [0.5, 0.6) is 0 Å². The zero-order valence-corrected chi connectivity index (χ0v) is 12.7. The second-order valence-corrected chi connectivity index (χ2v) is 7.96. The van der Waals surface area contributed by atoms with Gasteiger partial charge in [-0.15, -0.1) is 0 Å². The SMILES string of the molecule is CC(C)c1cccc(C#CC(C)(C)S(C)(=O)=O)c1F. The van der Waals surface area contributed by atoms with Crippen LogP contribution in [0, 0.1) is 17.7 Å². The quantitative estimate of drug-likeness (QED) is 0.781. The van der Waals surface area contributed by atoms with Gasteiger partial charge in [-0.1, -0.05) is 37.8 Å². The summed E-state index contributed by atoms with van der Waals surface area (Å²) >= 11 is 0. The molecule has 0 atom stereocenters. The third-order valence-corrected chi connectivity index (χ3v) is 5.03. The van der Waals surface area contributed by atoms with Crippen molar-refractivity contribution in [1.29, 1.82) is 0 Å². The first kappa shape index (κ1) is 15.7. The predicted octanol–water partition coefficient (Wildman–Crippen LogP) is 3.12. The molecule has 0 N–H and O–H groups in total. The van der Waals surface area contributed by atoms with Crippen LogP contribution >= 0.6 is 0 Å². The molecule has 0 aliphatic rings. The molecule has 0 bridgehead atoms. The molecule has 19 heavy (non-hydrogen) atoms. The van der Waals surface area contributed by atoms with Gasteiger partial charge < -0.3 is 0 Å². The molecule has 104 valence electrons. The highest BCUT2D eigenvalue weighted by Gasteiger charge is 2.27. The summed E-state index contributed by atoms with van der Waals surface area (Å²) in [7, 11) is -3.31. The van der Waals surface area contributed by atoms with Crippen LogP contribution in [0.4, 0.5) is 4.39 Å². The van der Waals surface area contributed by atoms with E-state index in [-0.39, 0.29) is 17.3 Å². The number of hydrogen-bond acceptors (Lipinski definition) is 2. The van der Waals surface area contributed by atoms with Crippen molar-refractivity contribution in [2.75, 3.05) is 6.26 Å². The molecule has 1 rings (SSSR count). The highest BCUT2D eigenvalue weighted by Crippen LogP contribution is 2.21. The molecule has 0 spiro atoms.